The van der Waals surface area contributed by atoms with Crippen LogP contribution in [-0.4, -0.2) is 44.1 Å². The van der Waals surface area contributed by atoms with Crippen molar-refractivity contribution in [1.29, 1.82) is 0 Å². The van der Waals surface area contributed by atoms with Gasteiger partial charge in [0.2, 0.25) is 0 Å². The van der Waals surface area contributed by atoms with Crippen LogP contribution < -0.4 is 5.32 Å². The van der Waals surface area contributed by atoms with Crippen molar-refractivity contribution >= 4 is 9.84 Å². The molecule has 1 aliphatic carbocycles. The van der Waals surface area contributed by atoms with Crippen molar-refractivity contribution in [2.24, 2.45) is 5.92 Å². The number of ether oxygens (including phenoxy) is 1. The van der Waals surface area contributed by atoms with Crippen molar-refractivity contribution in [2.45, 2.75) is 57.4 Å². The van der Waals surface area contributed by atoms with E-state index < -0.39 is 21.5 Å². The SMILES string of the molecule is CCC(C)C1(OC)C=C2C(=CC1O)[C@@H](c1ccccc1)N[C@H](CC)CS2(=O)=O. The highest BCUT2D eigenvalue weighted by atomic mass is 32.2. The number of hydrogen-bond donors (Lipinski definition) is 2. The summed E-state index contributed by atoms with van der Waals surface area (Å²) in [4.78, 5) is 0.289. The third kappa shape index (κ3) is 3.59. The number of sulfone groups is 1. The van der Waals surface area contributed by atoms with E-state index in [1.807, 2.05) is 51.1 Å². The van der Waals surface area contributed by atoms with Gasteiger partial charge in [0.15, 0.2) is 9.84 Å². The molecule has 0 saturated carbocycles. The number of aliphatic hydroxyl groups excluding tert-OH is 1. The molecule has 1 aromatic carbocycles. The van der Waals surface area contributed by atoms with E-state index >= 15 is 0 Å². The average molecular weight is 406 g/mol. The zero-order valence-electron chi connectivity index (χ0n) is 17.1. The van der Waals surface area contributed by atoms with Crippen LogP contribution in [0.2, 0.25) is 0 Å². The Morgan fingerprint density at radius 3 is 2.54 bits per heavy atom. The molecule has 5 atom stereocenters. The van der Waals surface area contributed by atoms with Gasteiger partial charge in [-0.3, -0.25) is 0 Å². The Morgan fingerprint density at radius 2 is 1.96 bits per heavy atom. The fourth-order valence-corrected chi connectivity index (χ4v) is 6.23. The monoisotopic (exact) mass is 405 g/mol. The Morgan fingerprint density at radius 1 is 1.29 bits per heavy atom. The maximum absolute atomic E-state index is 13.3. The summed E-state index contributed by atoms with van der Waals surface area (Å²) in [6.07, 6.45) is 3.90. The fourth-order valence-electron chi connectivity index (χ4n) is 4.28. The van der Waals surface area contributed by atoms with Crippen LogP contribution in [0.4, 0.5) is 0 Å². The van der Waals surface area contributed by atoms with Gasteiger partial charge in [0.05, 0.1) is 16.7 Å². The van der Waals surface area contributed by atoms with E-state index in [4.69, 9.17) is 4.74 Å². The zero-order chi connectivity index (χ0) is 20.5. The van der Waals surface area contributed by atoms with Gasteiger partial charge in [-0.1, -0.05) is 57.5 Å². The molecule has 2 aliphatic rings. The molecular weight excluding hydrogens is 374 g/mol. The summed E-state index contributed by atoms with van der Waals surface area (Å²) in [5.74, 6) is -0.00628. The van der Waals surface area contributed by atoms with Crippen LogP contribution in [0.3, 0.4) is 0 Å². The summed E-state index contributed by atoms with van der Waals surface area (Å²) in [6, 6.07) is 9.34. The molecule has 0 radical (unpaired) electrons. The van der Waals surface area contributed by atoms with Crippen LogP contribution in [0.25, 0.3) is 0 Å². The van der Waals surface area contributed by atoms with Crippen molar-refractivity contribution in [1.82, 2.24) is 5.32 Å². The average Bonchev–Trinajstić information content (AvgIpc) is 2.81. The molecule has 2 N–H and O–H groups in total. The minimum atomic E-state index is -3.53. The first-order valence-corrected chi connectivity index (χ1v) is 11.7. The van der Waals surface area contributed by atoms with Crippen LogP contribution in [0, 0.1) is 5.92 Å². The quantitative estimate of drug-likeness (QED) is 0.787. The molecule has 28 heavy (non-hydrogen) atoms. The van der Waals surface area contributed by atoms with Gasteiger partial charge in [0, 0.05) is 13.2 Å². The molecule has 0 amide bonds. The van der Waals surface area contributed by atoms with Gasteiger partial charge in [-0.2, -0.15) is 0 Å². The summed E-state index contributed by atoms with van der Waals surface area (Å²) in [5, 5.41) is 14.5. The van der Waals surface area contributed by atoms with Crippen LogP contribution in [-0.2, 0) is 14.6 Å². The highest BCUT2D eigenvalue weighted by Gasteiger charge is 2.47. The van der Waals surface area contributed by atoms with Gasteiger partial charge in [-0.05, 0) is 35.6 Å². The van der Waals surface area contributed by atoms with E-state index in [1.54, 1.807) is 12.2 Å². The van der Waals surface area contributed by atoms with Crippen LogP contribution in [0.15, 0.2) is 53.0 Å². The lowest BCUT2D eigenvalue weighted by molar-refractivity contribution is -0.0848. The number of benzene rings is 1. The van der Waals surface area contributed by atoms with Gasteiger partial charge in [-0.15, -0.1) is 0 Å². The second-order valence-electron chi connectivity index (χ2n) is 7.84. The van der Waals surface area contributed by atoms with E-state index in [1.165, 1.54) is 7.11 Å². The maximum atomic E-state index is 13.3. The van der Waals surface area contributed by atoms with Gasteiger partial charge >= 0.3 is 0 Å². The number of nitrogens with one attached hydrogen (secondary N) is 1. The first-order valence-electron chi connectivity index (χ1n) is 10.0. The lowest BCUT2D eigenvalue weighted by Gasteiger charge is -2.42. The van der Waals surface area contributed by atoms with Crippen molar-refractivity contribution < 1.29 is 18.3 Å². The Bertz CT molecular complexity index is 862. The summed E-state index contributed by atoms with van der Waals surface area (Å²) in [6.45, 7) is 5.98. The highest BCUT2D eigenvalue weighted by molar-refractivity contribution is 7.95. The zero-order valence-corrected chi connectivity index (χ0v) is 17.9. The van der Waals surface area contributed by atoms with Crippen LogP contribution in [0.1, 0.15) is 45.2 Å². The molecule has 0 spiro atoms. The number of aliphatic hydroxyl groups is 1. The largest absolute Gasteiger partial charge is 0.386 e. The molecule has 154 valence electrons. The number of rotatable bonds is 5. The molecule has 0 aromatic heterocycles. The molecular formula is C22H31NO4S. The lowest BCUT2D eigenvalue weighted by atomic mass is 9.76. The number of methoxy groups -OCH3 is 1. The summed E-state index contributed by atoms with van der Waals surface area (Å²) in [5.41, 5.74) is 0.551. The number of hydrogen-bond acceptors (Lipinski definition) is 5. The third-order valence-electron chi connectivity index (χ3n) is 6.27. The maximum Gasteiger partial charge on any atom is 0.180 e. The minimum absolute atomic E-state index is 0.0341. The molecule has 1 fully saturated rings. The normalized spacial score (nSPS) is 33.2. The number of fused-ring (bicyclic) bond motifs is 1. The third-order valence-corrected chi connectivity index (χ3v) is 8.14. The molecule has 6 heteroatoms. The molecule has 0 bridgehead atoms. The predicted molar refractivity (Wildman–Crippen MR) is 112 cm³/mol. The van der Waals surface area contributed by atoms with Gasteiger partial charge in [0.25, 0.3) is 0 Å². The minimum Gasteiger partial charge on any atom is -0.386 e. The molecule has 1 heterocycles. The van der Waals surface area contributed by atoms with Crippen molar-refractivity contribution in [3.63, 3.8) is 0 Å². The molecule has 1 saturated heterocycles. The molecule has 3 rings (SSSR count). The summed E-state index contributed by atoms with van der Waals surface area (Å²) in [7, 11) is -1.99. The molecule has 1 aromatic rings. The second kappa shape index (κ2) is 8.11. The summed E-state index contributed by atoms with van der Waals surface area (Å²) >= 11 is 0. The fraction of sp³-hybridized carbons (Fsp3) is 0.545. The topological polar surface area (TPSA) is 75.6 Å². The van der Waals surface area contributed by atoms with E-state index in [0.29, 0.717) is 12.0 Å². The predicted octanol–water partition coefficient (Wildman–Crippen LogP) is 3.14. The van der Waals surface area contributed by atoms with Gasteiger partial charge in [-0.25, -0.2) is 8.42 Å². The molecule has 3 unspecified atom stereocenters. The molecule has 1 aliphatic heterocycles. The standard InChI is InChI=1S/C22H31NO4S/c1-5-15(3)22(27-4)13-19-18(12-20(22)24)21(16-10-8-7-9-11-16)23-17(6-2)14-28(19,25)26/h7-13,15,17,20-21,23-24H,5-6,14H2,1-4H3/t15?,17-,20?,21-,22?/m1/s1. The Labute approximate surface area is 168 Å². The second-order valence-corrected chi connectivity index (χ2v) is 9.84. The lowest BCUT2D eigenvalue weighted by Crippen LogP contribution is -2.49. The van der Waals surface area contributed by atoms with Crippen LogP contribution in [0.5, 0.6) is 0 Å². The first-order chi connectivity index (χ1) is 13.3. The van der Waals surface area contributed by atoms with Gasteiger partial charge < -0.3 is 15.2 Å². The van der Waals surface area contributed by atoms with E-state index in [0.717, 1.165) is 12.0 Å². The Kier molecular flexibility index (Phi) is 6.15. The van der Waals surface area contributed by atoms with Crippen molar-refractivity contribution in [3.05, 3.63) is 58.5 Å². The van der Waals surface area contributed by atoms with Crippen molar-refractivity contribution in [3.8, 4) is 0 Å². The smallest absolute Gasteiger partial charge is 0.180 e. The Balaban J connectivity index is 2.22. The van der Waals surface area contributed by atoms with Crippen molar-refractivity contribution in [2.75, 3.05) is 12.9 Å². The van der Waals surface area contributed by atoms with E-state index in [-0.39, 0.29) is 28.7 Å². The van der Waals surface area contributed by atoms with Gasteiger partial charge in [0.1, 0.15) is 11.7 Å². The Hall–Kier alpha value is -1.47. The first kappa shape index (κ1) is 21.2. The van der Waals surface area contributed by atoms with E-state index in [2.05, 4.69) is 5.32 Å². The van der Waals surface area contributed by atoms with Crippen LogP contribution >= 0.6 is 0 Å². The summed E-state index contributed by atoms with van der Waals surface area (Å²) < 4.78 is 32.4. The van der Waals surface area contributed by atoms with E-state index in [9.17, 15) is 13.5 Å². The highest BCUT2D eigenvalue weighted by Crippen LogP contribution is 2.44. The molecule has 5 nitrogen and oxygen atoms in total.